The Labute approximate surface area is 277 Å². The van der Waals surface area contributed by atoms with Gasteiger partial charge in [0, 0.05) is 12.6 Å². The number of imidazole rings is 1. The van der Waals surface area contributed by atoms with E-state index in [0.717, 1.165) is 0 Å². The standard InChI is InChI=1S/C28H24Cl3F5N6O3S/c29-16-6-1-12(10-37-25(44)22-17(30)7-8-46-22)20(31)21(16)40-27-39-18-9-15(26(41-23(18)42-27)45-11-19(32)33)24(43)38-14-4-2-13(3-5-14)28(34,35)36/h1,6-9,13-14,19H,2-5,10-11H2,(H,37,44)(H,38,43)(H2,39,40,41,42). The molecule has 46 heavy (non-hydrogen) atoms. The van der Waals surface area contributed by atoms with E-state index in [-0.39, 0.29) is 76.5 Å². The smallest absolute Gasteiger partial charge is 0.391 e. The fourth-order valence-corrected chi connectivity index (χ4v) is 6.49. The number of carbonyl (C=O) groups excluding carboxylic acids is 2. The van der Waals surface area contributed by atoms with E-state index in [9.17, 15) is 31.5 Å². The summed E-state index contributed by atoms with van der Waals surface area (Å²) in [6.45, 7) is -1.02. The number of H-pyrrole nitrogens is 1. The van der Waals surface area contributed by atoms with Crippen LogP contribution in [0.5, 0.6) is 5.88 Å². The summed E-state index contributed by atoms with van der Waals surface area (Å²) >= 11 is 20.2. The van der Waals surface area contributed by atoms with Crippen molar-refractivity contribution in [1.82, 2.24) is 25.6 Å². The van der Waals surface area contributed by atoms with Gasteiger partial charge < -0.3 is 25.7 Å². The number of carbonyl (C=O) groups is 2. The molecule has 1 aliphatic rings. The third-order valence-corrected chi connectivity index (χ3v) is 9.32. The summed E-state index contributed by atoms with van der Waals surface area (Å²) in [5.74, 6) is -2.93. The monoisotopic (exact) mass is 724 g/mol. The number of halogens is 8. The molecular formula is C28H24Cl3F5N6O3S. The Hall–Kier alpha value is -3.40. The van der Waals surface area contributed by atoms with Crippen LogP contribution in [0.15, 0.2) is 29.6 Å². The highest BCUT2D eigenvalue weighted by Gasteiger charge is 2.41. The normalized spacial score (nSPS) is 16.9. The minimum atomic E-state index is -4.31. The number of aromatic amines is 1. The molecule has 0 unspecified atom stereocenters. The van der Waals surface area contributed by atoms with Gasteiger partial charge in [-0.05, 0) is 54.8 Å². The summed E-state index contributed by atoms with van der Waals surface area (Å²) in [5, 5.41) is 10.7. The van der Waals surface area contributed by atoms with Crippen molar-refractivity contribution in [3.8, 4) is 5.88 Å². The van der Waals surface area contributed by atoms with E-state index >= 15 is 0 Å². The molecule has 4 N–H and O–H groups in total. The lowest BCUT2D eigenvalue weighted by Gasteiger charge is -2.30. The number of rotatable bonds is 10. The van der Waals surface area contributed by atoms with Gasteiger partial charge in [-0.15, -0.1) is 11.3 Å². The van der Waals surface area contributed by atoms with Crippen LogP contribution in [0.3, 0.4) is 0 Å². The number of nitrogens with zero attached hydrogens (tertiary/aromatic N) is 2. The minimum absolute atomic E-state index is 0.00232. The molecule has 9 nitrogen and oxygen atoms in total. The second kappa shape index (κ2) is 14.2. The Kier molecular flexibility index (Phi) is 10.4. The number of nitrogens with one attached hydrogen (secondary N) is 4. The maximum atomic E-state index is 13.2. The number of aromatic nitrogens is 3. The van der Waals surface area contributed by atoms with E-state index < -0.39 is 43.0 Å². The van der Waals surface area contributed by atoms with Gasteiger partial charge in [-0.1, -0.05) is 40.9 Å². The van der Waals surface area contributed by atoms with Crippen LogP contribution in [0.1, 0.15) is 51.3 Å². The molecule has 0 atom stereocenters. The molecule has 3 heterocycles. The molecule has 0 bridgehead atoms. The van der Waals surface area contributed by atoms with Gasteiger partial charge in [-0.25, -0.2) is 8.78 Å². The number of fused-ring (bicyclic) bond motifs is 1. The zero-order valence-electron chi connectivity index (χ0n) is 23.4. The number of hydrogen-bond donors (Lipinski definition) is 4. The molecule has 0 spiro atoms. The predicted molar refractivity (Wildman–Crippen MR) is 165 cm³/mol. The highest BCUT2D eigenvalue weighted by atomic mass is 35.5. The summed E-state index contributed by atoms with van der Waals surface area (Å²) in [6.07, 6.45) is -7.26. The summed E-state index contributed by atoms with van der Waals surface area (Å²) in [5.41, 5.74) is 0.736. The van der Waals surface area contributed by atoms with Crippen molar-refractivity contribution in [2.45, 2.75) is 50.9 Å². The van der Waals surface area contributed by atoms with E-state index in [0.29, 0.717) is 15.5 Å². The van der Waals surface area contributed by atoms with E-state index in [1.807, 2.05) is 0 Å². The molecule has 2 amide bonds. The van der Waals surface area contributed by atoms with Crippen LogP contribution in [0.4, 0.5) is 33.6 Å². The van der Waals surface area contributed by atoms with Gasteiger partial charge in [-0.2, -0.15) is 23.1 Å². The molecule has 4 aromatic rings. The molecule has 1 aromatic carbocycles. The highest BCUT2D eigenvalue weighted by Crippen LogP contribution is 2.38. The molecule has 0 aliphatic heterocycles. The van der Waals surface area contributed by atoms with Gasteiger partial charge >= 0.3 is 6.18 Å². The Morgan fingerprint density at radius 1 is 1.04 bits per heavy atom. The summed E-state index contributed by atoms with van der Waals surface area (Å²) < 4.78 is 70.2. The van der Waals surface area contributed by atoms with E-state index in [2.05, 4.69) is 30.9 Å². The molecule has 1 saturated carbocycles. The van der Waals surface area contributed by atoms with E-state index in [1.165, 1.54) is 17.4 Å². The fraction of sp³-hybridized carbons (Fsp3) is 0.357. The average Bonchev–Trinajstić information content (AvgIpc) is 3.61. The second-order valence-electron chi connectivity index (χ2n) is 10.4. The van der Waals surface area contributed by atoms with Crippen LogP contribution in [0.2, 0.25) is 15.1 Å². The number of benzene rings is 1. The lowest BCUT2D eigenvalue weighted by molar-refractivity contribution is -0.182. The molecular weight excluding hydrogens is 702 g/mol. The number of hydrogen-bond acceptors (Lipinski definition) is 7. The largest absolute Gasteiger partial charge is 0.471 e. The number of ether oxygens (including phenoxy) is 1. The first kappa shape index (κ1) is 33.9. The Balaban J connectivity index is 1.35. The third-order valence-electron chi connectivity index (χ3n) is 7.23. The van der Waals surface area contributed by atoms with E-state index in [4.69, 9.17) is 39.5 Å². The minimum Gasteiger partial charge on any atom is -0.471 e. The molecule has 0 radical (unpaired) electrons. The molecule has 1 fully saturated rings. The van der Waals surface area contributed by atoms with Crippen molar-refractivity contribution in [3.05, 3.63) is 60.7 Å². The van der Waals surface area contributed by atoms with Crippen molar-refractivity contribution in [2.75, 3.05) is 11.9 Å². The Morgan fingerprint density at radius 2 is 1.78 bits per heavy atom. The number of alkyl halides is 5. The van der Waals surface area contributed by atoms with Crippen molar-refractivity contribution in [2.24, 2.45) is 5.92 Å². The van der Waals surface area contributed by atoms with Gasteiger partial charge in [0.15, 0.2) is 12.3 Å². The molecule has 246 valence electrons. The first-order chi connectivity index (χ1) is 21.8. The average molecular weight is 726 g/mol. The topological polar surface area (TPSA) is 121 Å². The van der Waals surface area contributed by atoms with Gasteiger partial charge in [0.1, 0.15) is 10.4 Å². The van der Waals surface area contributed by atoms with Crippen molar-refractivity contribution >= 4 is 80.8 Å². The van der Waals surface area contributed by atoms with Gasteiger partial charge in [0.2, 0.25) is 11.8 Å². The first-order valence-electron chi connectivity index (χ1n) is 13.7. The van der Waals surface area contributed by atoms with Gasteiger partial charge in [0.25, 0.3) is 18.2 Å². The zero-order chi connectivity index (χ0) is 33.2. The molecule has 0 saturated heterocycles. The molecule has 1 aliphatic carbocycles. The summed E-state index contributed by atoms with van der Waals surface area (Å²) in [7, 11) is 0. The Bertz CT molecular complexity index is 1740. The van der Waals surface area contributed by atoms with Crippen LogP contribution in [-0.2, 0) is 6.54 Å². The van der Waals surface area contributed by atoms with Crippen LogP contribution < -0.4 is 20.7 Å². The van der Waals surface area contributed by atoms with Crippen LogP contribution in [0, 0.1) is 5.92 Å². The van der Waals surface area contributed by atoms with Gasteiger partial charge in [-0.3, -0.25) is 9.59 Å². The van der Waals surface area contributed by atoms with Crippen LogP contribution >= 0.6 is 46.1 Å². The fourth-order valence-electron chi connectivity index (χ4n) is 4.90. The lowest BCUT2D eigenvalue weighted by atomic mass is 9.85. The number of anilines is 2. The summed E-state index contributed by atoms with van der Waals surface area (Å²) in [6, 6.07) is 5.53. The summed E-state index contributed by atoms with van der Waals surface area (Å²) in [4.78, 5) is 37.3. The maximum Gasteiger partial charge on any atom is 0.391 e. The van der Waals surface area contributed by atoms with E-state index in [1.54, 1.807) is 23.6 Å². The zero-order valence-corrected chi connectivity index (χ0v) is 26.5. The second-order valence-corrected chi connectivity index (χ2v) is 12.5. The van der Waals surface area contributed by atoms with Crippen LogP contribution in [-0.4, -0.2) is 52.0 Å². The highest BCUT2D eigenvalue weighted by molar-refractivity contribution is 7.12. The maximum absolute atomic E-state index is 13.2. The first-order valence-corrected chi connectivity index (χ1v) is 15.8. The van der Waals surface area contributed by atoms with Crippen LogP contribution in [0.25, 0.3) is 11.2 Å². The lowest BCUT2D eigenvalue weighted by Crippen LogP contribution is -2.40. The quantitative estimate of drug-likeness (QED) is 0.123. The SMILES string of the molecule is O=C(NC1CCC(C(F)(F)F)CC1)c1cc2[nH]c(Nc3c(Cl)ccc(CNC(=O)c4sccc4Cl)c3Cl)nc2nc1OCC(F)F. The molecule has 3 aromatic heterocycles. The van der Waals surface area contributed by atoms with Gasteiger partial charge in [0.05, 0.1) is 32.2 Å². The third kappa shape index (κ3) is 7.93. The predicted octanol–water partition coefficient (Wildman–Crippen LogP) is 8.15. The van der Waals surface area contributed by atoms with Crippen molar-refractivity contribution in [3.63, 3.8) is 0 Å². The molecule has 18 heteroatoms. The molecule has 5 rings (SSSR count). The number of pyridine rings is 1. The Morgan fingerprint density at radius 3 is 2.43 bits per heavy atom. The van der Waals surface area contributed by atoms with Crippen molar-refractivity contribution in [1.29, 1.82) is 0 Å². The van der Waals surface area contributed by atoms with Crippen molar-refractivity contribution < 1.29 is 36.3 Å². The number of amides is 2. The number of thiophene rings is 1.